The molecule has 1 heterocycles. The van der Waals surface area contributed by atoms with Crippen molar-refractivity contribution in [2.75, 3.05) is 0 Å². The molecule has 17 heavy (non-hydrogen) atoms. The lowest BCUT2D eigenvalue weighted by molar-refractivity contribution is 0.602. The normalized spacial score (nSPS) is 9.94. The number of benzene rings is 1. The first kappa shape index (κ1) is 14.1. The van der Waals surface area contributed by atoms with Gasteiger partial charge in [-0.3, -0.25) is 0 Å². The second-order valence-electron chi connectivity index (χ2n) is 2.77. The second kappa shape index (κ2) is 6.68. The molecule has 0 aliphatic rings. The van der Waals surface area contributed by atoms with E-state index in [0.29, 0.717) is 10.0 Å². The van der Waals surface area contributed by atoms with Gasteiger partial charge in [0.25, 0.3) is 0 Å². The topological polar surface area (TPSA) is 45.8 Å². The fraction of sp³-hybridized carbons (Fsp3) is 0. The Labute approximate surface area is 109 Å². The zero-order chi connectivity index (χ0) is 12.8. The Bertz CT molecular complexity index is 504. The molecule has 0 aliphatic heterocycles. The molecule has 2 rings (SSSR count). The standard InChI is InChI=1S/C9H6Cl2N2.F2OS/c10-6-1-2-7(8(11)3-6)9-4-12-5-13-9;1-4(2)3/h1-5H,(H,12,13);. The van der Waals surface area contributed by atoms with Crippen molar-refractivity contribution >= 4 is 34.8 Å². The molecule has 8 heteroatoms. The summed E-state index contributed by atoms with van der Waals surface area (Å²) in [7, 11) is 0. The quantitative estimate of drug-likeness (QED) is 0.812. The molecule has 1 N–H and O–H groups in total. The highest BCUT2D eigenvalue weighted by Gasteiger charge is 2.04. The highest BCUT2D eigenvalue weighted by atomic mass is 35.5. The summed E-state index contributed by atoms with van der Waals surface area (Å²) in [5.41, 5.74) is 1.80. The summed E-state index contributed by atoms with van der Waals surface area (Å²) in [5.74, 6) is 0. The van der Waals surface area contributed by atoms with Crippen molar-refractivity contribution in [1.82, 2.24) is 9.97 Å². The summed E-state index contributed by atoms with van der Waals surface area (Å²) in [5, 5.41) is 1.25. The van der Waals surface area contributed by atoms with Crippen LogP contribution < -0.4 is 0 Å². The summed E-state index contributed by atoms with van der Waals surface area (Å²) in [6.07, 6.45) is 3.33. The lowest BCUT2D eigenvalue weighted by atomic mass is 10.2. The van der Waals surface area contributed by atoms with Crippen molar-refractivity contribution in [2.45, 2.75) is 0 Å². The highest BCUT2D eigenvalue weighted by molar-refractivity contribution is 7.74. The van der Waals surface area contributed by atoms with E-state index in [4.69, 9.17) is 27.4 Å². The van der Waals surface area contributed by atoms with E-state index < -0.39 is 11.6 Å². The number of nitrogens with one attached hydrogen (secondary N) is 1. The van der Waals surface area contributed by atoms with Crippen molar-refractivity contribution < 1.29 is 12.0 Å². The monoisotopic (exact) mass is 298 g/mol. The van der Waals surface area contributed by atoms with E-state index in [0.717, 1.165) is 11.3 Å². The summed E-state index contributed by atoms with van der Waals surface area (Å²) in [4.78, 5) is 6.89. The van der Waals surface area contributed by atoms with E-state index in [-0.39, 0.29) is 0 Å². The van der Waals surface area contributed by atoms with Crippen LogP contribution in [0.5, 0.6) is 0 Å². The Morgan fingerprint density at radius 2 is 1.94 bits per heavy atom. The van der Waals surface area contributed by atoms with Gasteiger partial charge in [-0.1, -0.05) is 31.0 Å². The first-order valence-corrected chi connectivity index (χ1v) is 5.89. The number of aromatic nitrogens is 2. The molecule has 0 unspecified atom stereocenters. The van der Waals surface area contributed by atoms with Crippen molar-refractivity contribution in [2.24, 2.45) is 0 Å². The van der Waals surface area contributed by atoms with Crippen LogP contribution in [0.2, 0.25) is 10.0 Å². The molecular weight excluding hydrogens is 293 g/mol. The molecule has 0 saturated carbocycles. The predicted molar refractivity (Wildman–Crippen MR) is 64.4 cm³/mol. The van der Waals surface area contributed by atoms with Crippen LogP contribution in [0.15, 0.2) is 30.7 Å². The summed E-state index contributed by atoms with van der Waals surface area (Å²) < 4.78 is 27.8. The molecule has 92 valence electrons. The molecule has 0 radical (unpaired) electrons. The number of halogens is 4. The lowest BCUT2D eigenvalue weighted by Crippen LogP contribution is -1.78. The zero-order valence-electron chi connectivity index (χ0n) is 8.16. The van der Waals surface area contributed by atoms with Crippen LogP contribution in [0.4, 0.5) is 7.77 Å². The van der Waals surface area contributed by atoms with Crippen LogP contribution in [0.25, 0.3) is 11.3 Å². The molecule has 0 spiro atoms. The van der Waals surface area contributed by atoms with E-state index in [1.807, 2.05) is 6.07 Å². The zero-order valence-corrected chi connectivity index (χ0v) is 10.5. The molecule has 1 aromatic carbocycles. The van der Waals surface area contributed by atoms with Crippen LogP contribution in [-0.4, -0.2) is 14.2 Å². The molecule has 2 aromatic rings. The number of H-pyrrole nitrogens is 1. The Balaban J connectivity index is 0.000000317. The number of hydrogen-bond acceptors (Lipinski definition) is 2. The maximum Gasteiger partial charge on any atom is 0.385 e. The Hall–Kier alpha value is -0.980. The van der Waals surface area contributed by atoms with Gasteiger partial charge in [0.05, 0.1) is 23.2 Å². The summed E-state index contributed by atoms with van der Waals surface area (Å²) in [6.45, 7) is 0. The van der Waals surface area contributed by atoms with Crippen molar-refractivity contribution in [3.8, 4) is 11.3 Å². The Morgan fingerprint density at radius 1 is 1.29 bits per heavy atom. The van der Waals surface area contributed by atoms with Crippen LogP contribution in [0, 0.1) is 0 Å². The maximum atomic E-state index is 9.81. The molecule has 0 fully saturated rings. The van der Waals surface area contributed by atoms with E-state index in [2.05, 4.69) is 9.97 Å². The van der Waals surface area contributed by atoms with Gasteiger partial charge < -0.3 is 4.98 Å². The van der Waals surface area contributed by atoms with Gasteiger partial charge in [0, 0.05) is 10.6 Å². The van der Waals surface area contributed by atoms with Gasteiger partial charge in [-0.05, 0) is 18.2 Å². The first-order valence-electron chi connectivity index (χ1n) is 4.19. The van der Waals surface area contributed by atoms with E-state index in [1.165, 1.54) is 0 Å². The largest absolute Gasteiger partial charge is 0.385 e. The number of imidazole rings is 1. The first-order chi connectivity index (χ1) is 8.00. The Morgan fingerprint density at radius 3 is 2.41 bits per heavy atom. The molecule has 0 atom stereocenters. The van der Waals surface area contributed by atoms with Crippen LogP contribution >= 0.6 is 23.2 Å². The molecule has 3 nitrogen and oxygen atoms in total. The number of aromatic amines is 1. The van der Waals surface area contributed by atoms with Gasteiger partial charge in [-0.2, -0.15) is 4.21 Å². The average Bonchev–Trinajstić information content (AvgIpc) is 2.69. The SMILES string of the molecule is Clc1ccc(-c2cnc[nH]2)c(Cl)c1.O=S(F)F. The molecule has 0 aliphatic carbocycles. The van der Waals surface area contributed by atoms with Gasteiger partial charge in [-0.25, -0.2) is 4.98 Å². The fourth-order valence-corrected chi connectivity index (χ4v) is 1.62. The summed E-state index contributed by atoms with van der Waals surface area (Å²) >= 11 is 8.15. The molecule has 1 aromatic heterocycles. The molecule has 0 amide bonds. The van der Waals surface area contributed by atoms with Gasteiger partial charge in [0.1, 0.15) is 0 Å². The molecule has 0 saturated heterocycles. The third-order valence-electron chi connectivity index (χ3n) is 1.72. The van der Waals surface area contributed by atoms with Crippen LogP contribution in [-0.2, 0) is 11.6 Å². The third kappa shape index (κ3) is 4.80. The minimum Gasteiger partial charge on any atom is -0.345 e. The maximum absolute atomic E-state index is 9.81. The third-order valence-corrected chi connectivity index (χ3v) is 2.27. The van der Waals surface area contributed by atoms with E-state index >= 15 is 0 Å². The van der Waals surface area contributed by atoms with Gasteiger partial charge in [0.2, 0.25) is 0 Å². The minimum absolute atomic E-state index is 0.622. The summed E-state index contributed by atoms with van der Waals surface area (Å²) in [6, 6.07) is 5.36. The predicted octanol–water partition coefficient (Wildman–Crippen LogP) is 3.89. The van der Waals surface area contributed by atoms with Crippen molar-refractivity contribution in [3.63, 3.8) is 0 Å². The van der Waals surface area contributed by atoms with Crippen molar-refractivity contribution in [3.05, 3.63) is 40.8 Å². The molecule has 0 bridgehead atoms. The van der Waals surface area contributed by atoms with Gasteiger partial charge in [-0.15, -0.1) is 0 Å². The van der Waals surface area contributed by atoms with Crippen molar-refractivity contribution in [1.29, 1.82) is 0 Å². The smallest absolute Gasteiger partial charge is 0.345 e. The molecular formula is C9H6Cl2F2N2OS. The van der Waals surface area contributed by atoms with Gasteiger partial charge in [0.15, 0.2) is 0 Å². The van der Waals surface area contributed by atoms with E-state index in [9.17, 15) is 7.77 Å². The van der Waals surface area contributed by atoms with E-state index in [1.54, 1.807) is 24.7 Å². The van der Waals surface area contributed by atoms with Crippen LogP contribution in [0.3, 0.4) is 0 Å². The average molecular weight is 299 g/mol. The highest BCUT2D eigenvalue weighted by Crippen LogP contribution is 2.28. The number of rotatable bonds is 1. The Kier molecular flexibility index (Phi) is 5.54. The van der Waals surface area contributed by atoms with Crippen LogP contribution in [0.1, 0.15) is 0 Å². The number of hydrogen-bond donors (Lipinski definition) is 1. The van der Waals surface area contributed by atoms with Gasteiger partial charge >= 0.3 is 11.6 Å². The minimum atomic E-state index is -3.61. The second-order valence-corrected chi connectivity index (χ2v) is 3.99. The number of nitrogens with zero attached hydrogens (tertiary/aromatic N) is 1. The fourth-order valence-electron chi connectivity index (χ4n) is 1.11. The lowest BCUT2D eigenvalue weighted by Gasteiger charge is -2.00.